The molecular formula is C9H10F2N4O2. The topological polar surface area (TPSA) is 83.8 Å². The summed E-state index contributed by atoms with van der Waals surface area (Å²) in [5, 5.41) is 8.48. The molecule has 2 N–H and O–H groups in total. The highest BCUT2D eigenvalue weighted by molar-refractivity contribution is 5.68. The van der Waals surface area contributed by atoms with Crippen LogP contribution >= 0.6 is 0 Å². The first-order valence-corrected chi connectivity index (χ1v) is 4.91. The molecule has 2 rings (SSSR count). The van der Waals surface area contributed by atoms with Gasteiger partial charge in [0.1, 0.15) is 0 Å². The fraction of sp³-hybridized carbons (Fsp3) is 0.444. The zero-order chi connectivity index (χ0) is 12.4. The number of hydrogen-bond acceptors (Lipinski definition) is 4. The second-order valence-corrected chi connectivity index (χ2v) is 3.52. The molecule has 2 heterocycles. The first-order valence-electron chi connectivity index (χ1n) is 4.91. The van der Waals surface area contributed by atoms with Crippen molar-refractivity contribution in [2.75, 3.05) is 6.61 Å². The summed E-state index contributed by atoms with van der Waals surface area (Å²) in [6.45, 7) is -1.24. The fourth-order valence-electron chi connectivity index (χ4n) is 1.44. The molecule has 0 unspecified atom stereocenters. The van der Waals surface area contributed by atoms with E-state index in [0.29, 0.717) is 0 Å². The molecule has 2 aromatic rings. The Labute approximate surface area is 93.9 Å². The molecule has 0 spiro atoms. The van der Waals surface area contributed by atoms with Crippen molar-refractivity contribution < 1.29 is 13.9 Å². The van der Waals surface area contributed by atoms with Crippen molar-refractivity contribution in [3.05, 3.63) is 23.0 Å². The van der Waals surface area contributed by atoms with Gasteiger partial charge in [-0.25, -0.2) is 18.7 Å². The van der Waals surface area contributed by atoms with Crippen molar-refractivity contribution in [3.63, 3.8) is 0 Å². The van der Waals surface area contributed by atoms with E-state index in [1.165, 1.54) is 10.9 Å². The third-order valence-electron chi connectivity index (χ3n) is 2.35. The van der Waals surface area contributed by atoms with E-state index in [0.717, 1.165) is 6.33 Å². The Morgan fingerprint density at radius 2 is 2.18 bits per heavy atom. The van der Waals surface area contributed by atoms with Gasteiger partial charge in [0.15, 0.2) is 23.5 Å². The molecule has 0 aromatic carbocycles. The van der Waals surface area contributed by atoms with E-state index in [1.807, 2.05) is 0 Å². The summed E-state index contributed by atoms with van der Waals surface area (Å²) in [6, 6.07) is 0. The smallest absolute Gasteiger partial charge is 0.278 e. The van der Waals surface area contributed by atoms with E-state index >= 15 is 0 Å². The lowest BCUT2D eigenvalue weighted by atomic mass is 10.2. The maximum atomic E-state index is 13.3. The minimum Gasteiger partial charge on any atom is -0.393 e. The molecule has 0 amide bonds. The Kier molecular flexibility index (Phi) is 3.14. The zero-order valence-corrected chi connectivity index (χ0v) is 8.68. The van der Waals surface area contributed by atoms with Crippen molar-refractivity contribution in [1.29, 1.82) is 0 Å². The Bertz CT molecular complexity index is 567. The van der Waals surface area contributed by atoms with Gasteiger partial charge < -0.3 is 14.7 Å². The number of alkyl halides is 2. The van der Waals surface area contributed by atoms with Gasteiger partial charge in [0, 0.05) is 0 Å². The van der Waals surface area contributed by atoms with E-state index in [-0.39, 0.29) is 17.7 Å². The molecule has 0 aliphatic carbocycles. The van der Waals surface area contributed by atoms with Crippen LogP contribution in [0.3, 0.4) is 0 Å². The number of aromatic nitrogens is 4. The minimum atomic E-state index is -1.96. The van der Waals surface area contributed by atoms with Crippen LogP contribution in [0.25, 0.3) is 11.2 Å². The molecule has 17 heavy (non-hydrogen) atoms. The number of fused-ring (bicyclic) bond motifs is 1. The molecule has 6 nitrogen and oxygen atoms in total. The van der Waals surface area contributed by atoms with E-state index in [9.17, 15) is 13.6 Å². The van der Waals surface area contributed by atoms with Crippen molar-refractivity contribution in [1.82, 2.24) is 19.5 Å². The second kappa shape index (κ2) is 4.58. The third-order valence-corrected chi connectivity index (χ3v) is 2.35. The van der Waals surface area contributed by atoms with Gasteiger partial charge in [0.25, 0.3) is 5.56 Å². The maximum absolute atomic E-state index is 13.3. The van der Waals surface area contributed by atoms with Gasteiger partial charge in [-0.1, -0.05) is 0 Å². The van der Waals surface area contributed by atoms with Gasteiger partial charge in [-0.2, -0.15) is 0 Å². The number of hydrogen-bond donors (Lipinski definition) is 2. The van der Waals surface area contributed by atoms with E-state index in [2.05, 4.69) is 15.0 Å². The van der Waals surface area contributed by atoms with E-state index < -0.39 is 24.5 Å². The van der Waals surface area contributed by atoms with Crippen molar-refractivity contribution in [2.45, 2.75) is 18.9 Å². The molecule has 0 saturated heterocycles. The number of aliphatic hydroxyl groups excluding tert-OH is 1. The summed E-state index contributed by atoms with van der Waals surface area (Å²) >= 11 is 0. The van der Waals surface area contributed by atoms with Gasteiger partial charge >= 0.3 is 0 Å². The Morgan fingerprint density at radius 1 is 1.41 bits per heavy atom. The zero-order valence-electron chi connectivity index (χ0n) is 8.68. The molecule has 0 fully saturated rings. The van der Waals surface area contributed by atoms with Gasteiger partial charge in [-0.3, -0.25) is 4.79 Å². The van der Waals surface area contributed by atoms with Crippen LogP contribution in [0.5, 0.6) is 0 Å². The first kappa shape index (κ1) is 11.6. The average Bonchev–Trinajstić information content (AvgIpc) is 2.73. The maximum Gasteiger partial charge on any atom is 0.278 e. The minimum absolute atomic E-state index is 0.0686. The van der Waals surface area contributed by atoms with Crippen LogP contribution in [-0.4, -0.2) is 43.6 Å². The van der Waals surface area contributed by atoms with Crippen molar-refractivity contribution in [3.8, 4) is 0 Å². The van der Waals surface area contributed by atoms with E-state index in [4.69, 9.17) is 5.11 Å². The summed E-state index contributed by atoms with van der Waals surface area (Å²) in [6.07, 6.45) is -1.47. The monoisotopic (exact) mass is 244 g/mol. The van der Waals surface area contributed by atoms with Crippen LogP contribution in [0.15, 0.2) is 17.4 Å². The van der Waals surface area contributed by atoms with Crippen LogP contribution in [0.2, 0.25) is 0 Å². The fourth-order valence-corrected chi connectivity index (χ4v) is 1.44. The number of imidazole rings is 1. The van der Waals surface area contributed by atoms with Gasteiger partial charge in [0.2, 0.25) is 0 Å². The van der Waals surface area contributed by atoms with Crippen LogP contribution in [0, 0.1) is 0 Å². The predicted octanol–water partition coefficient (Wildman–Crippen LogP) is -0.212. The molecular weight excluding hydrogens is 234 g/mol. The van der Waals surface area contributed by atoms with E-state index in [1.54, 1.807) is 0 Å². The number of rotatable bonds is 4. The van der Waals surface area contributed by atoms with Gasteiger partial charge in [-0.05, 0) is 0 Å². The molecule has 0 bridgehead atoms. The number of halogens is 2. The lowest BCUT2D eigenvalue weighted by Crippen LogP contribution is -2.26. The van der Waals surface area contributed by atoms with Crippen molar-refractivity contribution >= 4 is 11.2 Å². The summed E-state index contributed by atoms with van der Waals surface area (Å²) in [5.74, 6) is 0. The standard InChI is InChI=1S/C9H10F2N4O2/c10-5(6(11)2-16)1-15-4-14-7-8(15)12-3-13-9(7)17/h3-6,16H,1-2H2,(H,12,13,17)/t5-,6+/m0/s1. The molecule has 8 heteroatoms. The summed E-state index contributed by atoms with van der Waals surface area (Å²) in [7, 11) is 0. The molecule has 2 aromatic heterocycles. The van der Waals surface area contributed by atoms with Crippen LogP contribution < -0.4 is 5.56 Å². The summed E-state index contributed by atoms with van der Waals surface area (Å²) in [4.78, 5) is 21.2. The lowest BCUT2D eigenvalue weighted by molar-refractivity contribution is 0.0884. The highest BCUT2D eigenvalue weighted by atomic mass is 19.2. The van der Waals surface area contributed by atoms with Crippen molar-refractivity contribution in [2.24, 2.45) is 0 Å². The van der Waals surface area contributed by atoms with Gasteiger partial charge in [0.05, 0.1) is 25.8 Å². The highest BCUT2D eigenvalue weighted by Gasteiger charge is 2.21. The molecule has 2 atom stereocenters. The molecule has 0 saturated carbocycles. The summed E-state index contributed by atoms with van der Waals surface area (Å²) < 4.78 is 27.4. The number of nitrogens with zero attached hydrogens (tertiary/aromatic N) is 3. The van der Waals surface area contributed by atoms with Crippen LogP contribution in [-0.2, 0) is 6.54 Å². The van der Waals surface area contributed by atoms with Crippen LogP contribution in [0.4, 0.5) is 8.78 Å². The van der Waals surface area contributed by atoms with Gasteiger partial charge in [-0.15, -0.1) is 0 Å². The van der Waals surface area contributed by atoms with Crippen LogP contribution in [0.1, 0.15) is 0 Å². The molecule has 0 radical (unpaired) electrons. The second-order valence-electron chi connectivity index (χ2n) is 3.52. The molecule has 92 valence electrons. The molecule has 0 aliphatic rings. The lowest BCUT2D eigenvalue weighted by Gasteiger charge is -2.11. The number of aromatic amines is 1. The first-order chi connectivity index (χ1) is 8.13. The number of aliphatic hydroxyl groups is 1. The number of H-pyrrole nitrogens is 1. The Morgan fingerprint density at radius 3 is 2.88 bits per heavy atom. The average molecular weight is 244 g/mol. The Balaban J connectivity index is 2.31. The quantitative estimate of drug-likeness (QED) is 0.779. The number of nitrogens with one attached hydrogen (secondary N) is 1. The summed E-state index contributed by atoms with van der Waals surface area (Å²) in [5.41, 5.74) is -0.191. The largest absolute Gasteiger partial charge is 0.393 e. The predicted molar refractivity (Wildman–Crippen MR) is 55.0 cm³/mol. The normalized spacial score (nSPS) is 15.0. The molecule has 0 aliphatic heterocycles. The SMILES string of the molecule is O=c1[nH]cnc2c1ncn2C[C@H](F)[C@H](F)CO. The third kappa shape index (κ3) is 2.16. The Hall–Kier alpha value is -1.83. The highest BCUT2D eigenvalue weighted by Crippen LogP contribution is 2.10.